The average Bonchev–Trinajstić information content (AvgIpc) is 2.99. The molecule has 2 amide bonds. The molecule has 164 valence electrons. The van der Waals surface area contributed by atoms with Crippen LogP contribution < -0.4 is 10.2 Å². The van der Waals surface area contributed by atoms with Crippen LogP contribution in [0, 0.1) is 17.1 Å². The number of thiocarbonyl (C=S) groups is 1. The van der Waals surface area contributed by atoms with Crippen molar-refractivity contribution in [2.24, 2.45) is 0 Å². The quantitative estimate of drug-likeness (QED) is 0.544. The first-order valence-corrected chi connectivity index (χ1v) is 9.63. The van der Waals surface area contributed by atoms with E-state index in [1.54, 1.807) is 0 Å². The van der Waals surface area contributed by atoms with Crippen LogP contribution in [0.15, 0.2) is 24.4 Å². The molecular formula is C20H13F4N5O2S. The highest BCUT2D eigenvalue weighted by molar-refractivity contribution is 7.80. The second kappa shape index (κ2) is 7.52. The predicted octanol–water partition coefficient (Wildman–Crippen LogP) is 2.53. The number of nitrogens with one attached hydrogen (secondary N) is 1. The van der Waals surface area contributed by atoms with Crippen LogP contribution in [0.25, 0.3) is 0 Å². The van der Waals surface area contributed by atoms with Crippen LogP contribution in [0.4, 0.5) is 23.2 Å². The summed E-state index contributed by atoms with van der Waals surface area (Å²) in [5.74, 6) is -1.94. The number of benzene rings is 1. The highest BCUT2D eigenvalue weighted by Crippen LogP contribution is 2.37. The van der Waals surface area contributed by atoms with Crippen LogP contribution in [0.5, 0.6) is 0 Å². The molecule has 3 heterocycles. The monoisotopic (exact) mass is 463 g/mol. The third-order valence-corrected chi connectivity index (χ3v) is 5.79. The van der Waals surface area contributed by atoms with Crippen molar-refractivity contribution in [3.05, 3.63) is 58.2 Å². The molecule has 1 atom stereocenters. The first kappa shape index (κ1) is 21.6. The maximum Gasteiger partial charge on any atom is 0.419 e. The minimum Gasteiger partial charge on any atom is -0.355 e. The fourth-order valence-electron chi connectivity index (χ4n) is 3.83. The third-order valence-electron chi connectivity index (χ3n) is 5.38. The van der Waals surface area contributed by atoms with Crippen molar-refractivity contribution in [1.82, 2.24) is 15.2 Å². The van der Waals surface area contributed by atoms with Crippen molar-refractivity contribution >= 4 is 34.8 Å². The van der Waals surface area contributed by atoms with Gasteiger partial charge in [0, 0.05) is 20.0 Å². The molecule has 2 aromatic rings. The SMILES string of the molecule is CNC(=O)c1cc2c(cc1F)CC1C(=O)N(c3cnc(C#N)c(C(F)(F)F)c3)C(=S)N1C2. The first-order valence-electron chi connectivity index (χ1n) is 9.22. The van der Waals surface area contributed by atoms with Crippen LogP contribution >= 0.6 is 12.2 Å². The minimum atomic E-state index is -4.85. The van der Waals surface area contributed by atoms with E-state index in [1.165, 1.54) is 30.1 Å². The Bertz CT molecular complexity index is 1220. The second-order valence-corrected chi connectivity index (χ2v) is 7.55. The van der Waals surface area contributed by atoms with E-state index in [-0.39, 0.29) is 29.3 Å². The van der Waals surface area contributed by atoms with Gasteiger partial charge in [-0.1, -0.05) is 0 Å². The topological polar surface area (TPSA) is 89.3 Å². The van der Waals surface area contributed by atoms with Gasteiger partial charge in [0.05, 0.1) is 23.0 Å². The van der Waals surface area contributed by atoms with Crippen LogP contribution in [0.2, 0.25) is 0 Å². The summed E-state index contributed by atoms with van der Waals surface area (Å²) in [7, 11) is 1.37. The Balaban J connectivity index is 1.72. The van der Waals surface area contributed by atoms with Crippen molar-refractivity contribution in [2.75, 3.05) is 11.9 Å². The van der Waals surface area contributed by atoms with Crippen molar-refractivity contribution < 1.29 is 27.2 Å². The summed E-state index contributed by atoms with van der Waals surface area (Å²) in [6.07, 6.45) is -3.81. The molecule has 0 saturated carbocycles. The van der Waals surface area contributed by atoms with Gasteiger partial charge in [0.25, 0.3) is 11.8 Å². The number of nitrogens with zero attached hydrogens (tertiary/aromatic N) is 4. The fraction of sp³-hybridized carbons (Fsp3) is 0.250. The fourth-order valence-corrected chi connectivity index (χ4v) is 4.22. The maximum atomic E-state index is 14.4. The molecule has 0 spiro atoms. The van der Waals surface area contributed by atoms with Gasteiger partial charge in [0.1, 0.15) is 17.9 Å². The van der Waals surface area contributed by atoms with E-state index >= 15 is 0 Å². The van der Waals surface area contributed by atoms with Crippen LogP contribution in [-0.2, 0) is 23.9 Å². The molecule has 7 nitrogen and oxygen atoms in total. The van der Waals surface area contributed by atoms with Gasteiger partial charge in [-0.2, -0.15) is 18.4 Å². The van der Waals surface area contributed by atoms with Crippen molar-refractivity contribution in [3.8, 4) is 6.07 Å². The molecule has 4 rings (SSSR count). The van der Waals surface area contributed by atoms with E-state index in [9.17, 15) is 27.2 Å². The molecule has 0 radical (unpaired) electrons. The number of anilines is 1. The Kier molecular flexibility index (Phi) is 5.09. The van der Waals surface area contributed by atoms with Gasteiger partial charge in [0.15, 0.2) is 10.8 Å². The van der Waals surface area contributed by atoms with E-state index in [0.29, 0.717) is 17.2 Å². The van der Waals surface area contributed by atoms with Crippen molar-refractivity contribution in [3.63, 3.8) is 0 Å². The molecule has 1 unspecified atom stereocenters. The maximum absolute atomic E-state index is 14.4. The minimum absolute atomic E-state index is 0.0453. The van der Waals surface area contributed by atoms with E-state index in [0.717, 1.165) is 11.1 Å². The Labute approximate surface area is 184 Å². The number of alkyl halides is 3. The summed E-state index contributed by atoms with van der Waals surface area (Å²) in [4.78, 5) is 30.9. The summed E-state index contributed by atoms with van der Waals surface area (Å²) in [6, 6.07) is 3.75. The van der Waals surface area contributed by atoms with Gasteiger partial charge in [-0.05, 0) is 41.5 Å². The highest BCUT2D eigenvalue weighted by atomic mass is 32.1. The molecule has 1 N–H and O–H groups in total. The molecule has 1 fully saturated rings. The lowest BCUT2D eigenvalue weighted by molar-refractivity contribution is -0.138. The number of halogens is 4. The van der Waals surface area contributed by atoms with Gasteiger partial charge in [-0.25, -0.2) is 9.37 Å². The molecule has 0 bridgehead atoms. The van der Waals surface area contributed by atoms with Crippen LogP contribution in [-0.4, -0.2) is 39.9 Å². The Hall–Kier alpha value is -3.59. The number of nitriles is 1. The summed E-state index contributed by atoms with van der Waals surface area (Å²) >= 11 is 5.36. The van der Waals surface area contributed by atoms with Gasteiger partial charge in [-0.15, -0.1) is 0 Å². The number of carbonyl (C=O) groups is 2. The number of hydrogen-bond donors (Lipinski definition) is 1. The molecule has 1 aromatic heterocycles. The molecular weight excluding hydrogens is 450 g/mol. The van der Waals surface area contributed by atoms with E-state index in [4.69, 9.17) is 17.5 Å². The normalized spacial score (nSPS) is 17.7. The molecule has 0 aliphatic carbocycles. The average molecular weight is 463 g/mol. The number of pyridine rings is 1. The lowest BCUT2D eigenvalue weighted by atomic mass is 9.92. The van der Waals surface area contributed by atoms with E-state index in [2.05, 4.69) is 10.3 Å². The number of fused-ring (bicyclic) bond motifs is 2. The van der Waals surface area contributed by atoms with E-state index in [1.807, 2.05) is 0 Å². The third kappa shape index (κ3) is 3.34. The Morgan fingerprint density at radius 1 is 1.31 bits per heavy atom. The highest BCUT2D eigenvalue weighted by Gasteiger charge is 2.46. The largest absolute Gasteiger partial charge is 0.419 e. The van der Waals surface area contributed by atoms with Gasteiger partial charge in [-0.3, -0.25) is 14.5 Å². The lowest BCUT2D eigenvalue weighted by Crippen LogP contribution is -2.40. The molecule has 12 heteroatoms. The Morgan fingerprint density at radius 3 is 2.66 bits per heavy atom. The smallest absolute Gasteiger partial charge is 0.355 e. The number of amides is 2. The van der Waals surface area contributed by atoms with E-state index < -0.39 is 41.1 Å². The number of rotatable bonds is 2. The Morgan fingerprint density at radius 2 is 2.03 bits per heavy atom. The first-order chi connectivity index (χ1) is 15.1. The zero-order valence-corrected chi connectivity index (χ0v) is 17.1. The standard InChI is InChI=1S/C20H13F4N5O2S/c1-26-17(30)12-2-10-8-28-16(4-9(10)3-14(12)21)18(31)29(19(28)32)11-5-13(20(22,23)24)15(6-25)27-7-11/h2-3,5,7,16H,4,8H2,1H3,(H,26,30). The van der Waals surface area contributed by atoms with Gasteiger partial charge < -0.3 is 10.2 Å². The van der Waals surface area contributed by atoms with Gasteiger partial charge in [0.2, 0.25) is 0 Å². The second-order valence-electron chi connectivity index (χ2n) is 7.18. The summed E-state index contributed by atoms with van der Waals surface area (Å²) in [6.45, 7) is 0.0706. The molecule has 1 saturated heterocycles. The molecule has 2 aliphatic heterocycles. The molecule has 2 aliphatic rings. The number of hydrogen-bond acceptors (Lipinski definition) is 5. The van der Waals surface area contributed by atoms with Crippen molar-refractivity contribution in [1.29, 1.82) is 5.26 Å². The lowest BCUT2D eigenvalue weighted by Gasteiger charge is -2.30. The number of aromatic nitrogens is 1. The molecule has 1 aromatic carbocycles. The summed E-state index contributed by atoms with van der Waals surface area (Å²) in [5.41, 5.74) is -1.40. The summed E-state index contributed by atoms with van der Waals surface area (Å²) < 4.78 is 54.4. The zero-order valence-electron chi connectivity index (χ0n) is 16.3. The van der Waals surface area contributed by atoms with Crippen LogP contribution in [0.1, 0.15) is 32.7 Å². The number of carbonyl (C=O) groups excluding carboxylic acids is 2. The van der Waals surface area contributed by atoms with Crippen molar-refractivity contribution in [2.45, 2.75) is 25.2 Å². The van der Waals surface area contributed by atoms with Gasteiger partial charge >= 0.3 is 6.18 Å². The van der Waals surface area contributed by atoms with Crippen LogP contribution in [0.3, 0.4) is 0 Å². The predicted molar refractivity (Wildman–Crippen MR) is 107 cm³/mol. The summed E-state index contributed by atoms with van der Waals surface area (Å²) in [5, 5.41) is 11.2. The molecule has 32 heavy (non-hydrogen) atoms. The zero-order chi connectivity index (χ0) is 23.4.